The van der Waals surface area contributed by atoms with Crippen LogP contribution >= 0.6 is 0 Å². The minimum atomic E-state index is -1.01. The van der Waals surface area contributed by atoms with Gasteiger partial charge in [-0.15, -0.1) is 10.1 Å². The third kappa shape index (κ3) is 5.27. The fourth-order valence-electron chi connectivity index (χ4n) is 0.404. The van der Waals surface area contributed by atoms with Gasteiger partial charge in [-0.3, -0.25) is 0 Å². The molecule has 0 saturated heterocycles. The Morgan fingerprint density at radius 1 is 1.75 bits per heavy atom. The van der Waals surface area contributed by atoms with Gasteiger partial charge in [0.05, 0.1) is 0 Å². The van der Waals surface area contributed by atoms with Crippen LogP contribution in [0.1, 0.15) is 6.92 Å². The summed E-state index contributed by atoms with van der Waals surface area (Å²) in [4.78, 5) is 24.0. The first kappa shape index (κ1) is 10.5. The zero-order chi connectivity index (χ0) is 9.56. The number of nitrogens with zero attached hydrogens (tertiary/aromatic N) is 1. The van der Waals surface area contributed by atoms with Crippen molar-refractivity contribution in [1.82, 2.24) is 0 Å². The maximum Gasteiger partial charge on any atom is 0.508 e. The van der Waals surface area contributed by atoms with Crippen molar-refractivity contribution < 1.29 is 24.2 Å². The van der Waals surface area contributed by atoms with Gasteiger partial charge >= 0.3 is 6.16 Å². The van der Waals surface area contributed by atoms with E-state index in [1.165, 1.54) is 6.92 Å². The first-order valence-corrected chi connectivity index (χ1v) is 2.96. The number of rotatable bonds is 4. The number of hydrogen-bond acceptors (Lipinski definition) is 6. The second kappa shape index (κ2) is 5.16. The normalized spacial score (nSPS) is 11.5. The molecule has 0 aliphatic carbocycles. The van der Waals surface area contributed by atoms with Crippen LogP contribution in [0.5, 0.6) is 0 Å². The Bertz CT molecular complexity index is 169. The summed E-state index contributed by atoms with van der Waals surface area (Å²) in [6.07, 6.45) is -1.83. The van der Waals surface area contributed by atoms with E-state index in [9.17, 15) is 14.9 Å². The molecule has 12 heavy (non-hydrogen) atoms. The molecule has 0 aromatic rings. The number of carbonyl (C=O) groups excluding carboxylic acids is 1. The molecule has 0 amide bonds. The van der Waals surface area contributed by atoms with Crippen LogP contribution in [0.25, 0.3) is 0 Å². The van der Waals surface area contributed by atoms with Gasteiger partial charge in [-0.05, 0) is 6.92 Å². The lowest BCUT2D eigenvalue weighted by Gasteiger charge is -2.08. The van der Waals surface area contributed by atoms with E-state index in [0.29, 0.717) is 0 Å². The maximum absolute atomic E-state index is 10.3. The summed E-state index contributed by atoms with van der Waals surface area (Å²) in [6.45, 7) is 1.12. The molecule has 0 spiro atoms. The number of ether oxygens (including phenoxy) is 2. The van der Waals surface area contributed by atoms with Crippen molar-refractivity contribution in [2.75, 3.05) is 6.61 Å². The zero-order valence-corrected chi connectivity index (χ0v) is 6.39. The summed E-state index contributed by atoms with van der Waals surface area (Å²) >= 11 is 0. The summed E-state index contributed by atoms with van der Waals surface area (Å²) < 4.78 is 8.17. The SMILES string of the molecule is [CH2]OC(=O)OC[C@H](C)O[N+](=O)[O-]. The molecule has 0 N–H and O–H groups in total. The van der Waals surface area contributed by atoms with Crippen LogP contribution in [0.15, 0.2) is 0 Å². The standard InChI is InChI=1S/C5H8NO6/c1-4(12-6(8)9)3-11-5(7)10-2/h4H,2-3H2,1H3/t4-/m0/s1. The average Bonchev–Trinajstić information content (AvgIpc) is 1.99. The largest absolute Gasteiger partial charge is 0.508 e. The van der Waals surface area contributed by atoms with Gasteiger partial charge in [-0.25, -0.2) is 4.79 Å². The van der Waals surface area contributed by atoms with Gasteiger partial charge in [0.15, 0.2) is 0 Å². The van der Waals surface area contributed by atoms with Gasteiger partial charge in [-0.2, -0.15) is 0 Å². The van der Waals surface area contributed by atoms with Crippen molar-refractivity contribution in [3.63, 3.8) is 0 Å². The molecule has 0 fully saturated rings. The van der Waals surface area contributed by atoms with E-state index in [0.717, 1.165) is 0 Å². The highest BCUT2D eigenvalue weighted by molar-refractivity contribution is 5.59. The zero-order valence-electron chi connectivity index (χ0n) is 6.39. The molecule has 1 atom stereocenters. The lowest BCUT2D eigenvalue weighted by molar-refractivity contribution is -0.767. The highest BCUT2D eigenvalue weighted by Gasteiger charge is 2.09. The first-order valence-electron chi connectivity index (χ1n) is 2.96. The lowest BCUT2D eigenvalue weighted by atomic mass is 10.4. The van der Waals surface area contributed by atoms with Gasteiger partial charge in [-0.1, -0.05) is 0 Å². The van der Waals surface area contributed by atoms with Crippen LogP contribution in [-0.2, 0) is 14.3 Å². The molecule has 0 aromatic heterocycles. The molecule has 0 aromatic carbocycles. The molecule has 0 saturated carbocycles. The number of carbonyl (C=O) groups is 1. The van der Waals surface area contributed by atoms with E-state index in [1.807, 2.05) is 0 Å². The lowest BCUT2D eigenvalue weighted by Crippen LogP contribution is -2.21. The summed E-state index contributed by atoms with van der Waals surface area (Å²) in [7, 11) is 2.78. The van der Waals surface area contributed by atoms with E-state index >= 15 is 0 Å². The quantitative estimate of drug-likeness (QED) is 0.354. The van der Waals surface area contributed by atoms with Gasteiger partial charge in [0, 0.05) is 0 Å². The van der Waals surface area contributed by atoms with E-state index in [-0.39, 0.29) is 6.61 Å². The maximum atomic E-state index is 10.3. The molecule has 0 unspecified atom stereocenters. The second-order valence-corrected chi connectivity index (χ2v) is 1.84. The Hall–Kier alpha value is -1.53. The van der Waals surface area contributed by atoms with Crippen molar-refractivity contribution in [3.05, 3.63) is 17.2 Å². The highest BCUT2D eigenvalue weighted by atomic mass is 17.0. The Labute approximate surface area is 68.3 Å². The van der Waals surface area contributed by atoms with Crippen molar-refractivity contribution in [3.8, 4) is 0 Å². The van der Waals surface area contributed by atoms with Gasteiger partial charge in [0.25, 0.3) is 5.09 Å². The van der Waals surface area contributed by atoms with Gasteiger partial charge in [0.1, 0.15) is 19.8 Å². The van der Waals surface area contributed by atoms with Crippen LogP contribution in [-0.4, -0.2) is 24.0 Å². The van der Waals surface area contributed by atoms with Crippen molar-refractivity contribution >= 4 is 6.16 Å². The topological polar surface area (TPSA) is 87.9 Å². The summed E-state index contributed by atoms with van der Waals surface area (Å²) in [5.74, 6) is 0. The molecular formula is C5H8NO6. The fourth-order valence-corrected chi connectivity index (χ4v) is 0.404. The van der Waals surface area contributed by atoms with E-state index < -0.39 is 17.3 Å². The Morgan fingerprint density at radius 3 is 2.75 bits per heavy atom. The highest BCUT2D eigenvalue weighted by Crippen LogP contribution is 1.93. The minimum absolute atomic E-state index is 0.255. The fraction of sp³-hybridized carbons (Fsp3) is 0.600. The molecule has 7 nitrogen and oxygen atoms in total. The van der Waals surface area contributed by atoms with Gasteiger partial charge < -0.3 is 14.3 Å². The first-order chi connectivity index (χ1) is 5.56. The Morgan fingerprint density at radius 2 is 2.33 bits per heavy atom. The Balaban J connectivity index is 3.50. The van der Waals surface area contributed by atoms with Crippen LogP contribution in [0, 0.1) is 17.2 Å². The summed E-state index contributed by atoms with van der Waals surface area (Å²) in [6, 6.07) is 0. The molecule has 69 valence electrons. The van der Waals surface area contributed by atoms with Gasteiger partial charge in [0.2, 0.25) is 0 Å². The van der Waals surface area contributed by atoms with Crippen molar-refractivity contribution in [2.24, 2.45) is 0 Å². The average molecular weight is 178 g/mol. The summed E-state index contributed by atoms with van der Waals surface area (Å²) in [5.41, 5.74) is 0. The van der Waals surface area contributed by atoms with Crippen molar-refractivity contribution in [1.29, 1.82) is 0 Å². The third-order valence-corrected chi connectivity index (χ3v) is 0.820. The van der Waals surface area contributed by atoms with E-state index in [1.54, 1.807) is 0 Å². The van der Waals surface area contributed by atoms with Crippen LogP contribution in [0.2, 0.25) is 0 Å². The molecule has 0 aliphatic rings. The molecule has 7 heteroatoms. The summed E-state index contributed by atoms with van der Waals surface area (Å²) in [5, 5.41) is 8.75. The molecule has 1 radical (unpaired) electrons. The van der Waals surface area contributed by atoms with Crippen molar-refractivity contribution in [2.45, 2.75) is 13.0 Å². The number of hydrogen-bond donors (Lipinski definition) is 0. The molecule has 0 bridgehead atoms. The molecule has 0 aliphatic heterocycles. The smallest absolute Gasteiger partial charge is 0.432 e. The third-order valence-electron chi connectivity index (χ3n) is 0.820. The Kier molecular flexibility index (Phi) is 4.51. The van der Waals surface area contributed by atoms with E-state index in [4.69, 9.17) is 0 Å². The predicted molar refractivity (Wildman–Crippen MR) is 35.3 cm³/mol. The van der Waals surface area contributed by atoms with Crippen LogP contribution < -0.4 is 0 Å². The molecule has 0 heterocycles. The predicted octanol–water partition coefficient (Wildman–Crippen LogP) is 0.528. The molecule has 0 rings (SSSR count). The molecular weight excluding hydrogens is 170 g/mol. The monoisotopic (exact) mass is 178 g/mol. The van der Waals surface area contributed by atoms with Crippen LogP contribution in [0.3, 0.4) is 0 Å². The van der Waals surface area contributed by atoms with Crippen LogP contribution in [0.4, 0.5) is 4.79 Å². The minimum Gasteiger partial charge on any atom is -0.432 e. The van der Waals surface area contributed by atoms with E-state index in [2.05, 4.69) is 21.4 Å². The second-order valence-electron chi connectivity index (χ2n) is 1.84.